The van der Waals surface area contributed by atoms with E-state index in [2.05, 4.69) is 26.1 Å². The Morgan fingerprint density at radius 3 is 2.50 bits per heavy atom. The van der Waals surface area contributed by atoms with Gasteiger partial charge in [-0.15, -0.1) is 0 Å². The van der Waals surface area contributed by atoms with Crippen LogP contribution in [0.2, 0.25) is 0 Å². The first kappa shape index (κ1) is 14.8. The van der Waals surface area contributed by atoms with E-state index in [0.717, 1.165) is 30.5 Å². The Bertz CT molecular complexity index is 323. The molecule has 0 saturated heterocycles. The van der Waals surface area contributed by atoms with Gasteiger partial charge in [-0.25, -0.2) is 0 Å². The second-order valence-electron chi connectivity index (χ2n) is 7.84. The minimum absolute atomic E-state index is 0.499. The van der Waals surface area contributed by atoms with Gasteiger partial charge in [0.15, 0.2) is 0 Å². The third-order valence-electron chi connectivity index (χ3n) is 6.53. The lowest BCUT2D eigenvalue weighted by molar-refractivity contribution is -0.134. The van der Waals surface area contributed by atoms with Gasteiger partial charge in [0.1, 0.15) is 0 Å². The Kier molecular flexibility index (Phi) is 4.42. The summed E-state index contributed by atoms with van der Waals surface area (Å²) in [6.45, 7) is 7.90. The van der Waals surface area contributed by atoms with Crippen molar-refractivity contribution >= 4 is 0 Å². The zero-order valence-corrected chi connectivity index (χ0v) is 13.7. The summed E-state index contributed by atoms with van der Waals surface area (Å²) >= 11 is 0. The quantitative estimate of drug-likeness (QED) is 0.835. The van der Waals surface area contributed by atoms with E-state index < -0.39 is 0 Å². The average Bonchev–Trinajstić information content (AvgIpc) is 2.92. The van der Waals surface area contributed by atoms with Gasteiger partial charge in [0.05, 0.1) is 6.10 Å². The van der Waals surface area contributed by atoms with Crippen molar-refractivity contribution < 1.29 is 4.74 Å². The van der Waals surface area contributed by atoms with E-state index in [1.54, 1.807) is 0 Å². The Morgan fingerprint density at radius 1 is 1.10 bits per heavy atom. The van der Waals surface area contributed by atoms with Crippen molar-refractivity contribution in [1.82, 2.24) is 5.32 Å². The van der Waals surface area contributed by atoms with Gasteiger partial charge in [0.2, 0.25) is 0 Å². The number of hydrogen-bond donors (Lipinski definition) is 1. The van der Waals surface area contributed by atoms with Crippen LogP contribution in [-0.4, -0.2) is 24.8 Å². The van der Waals surface area contributed by atoms with Crippen LogP contribution in [0.15, 0.2) is 0 Å². The van der Waals surface area contributed by atoms with Crippen molar-refractivity contribution in [2.45, 2.75) is 90.3 Å². The minimum Gasteiger partial charge on any atom is -0.378 e. The zero-order valence-electron chi connectivity index (χ0n) is 13.7. The highest BCUT2D eigenvalue weighted by atomic mass is 16.5. The SMILES string of the molecule is CCOC1CC(NC2CCC(C)CC2C)C12CCCC2. The molecule has 0 aliphatic heterocycles. The van der Waals surface area contributed by atoms with Crippen LogP contribution in [-0.2, 0) is 4.74 Å². The molecule has 1 N–H and O–H groups in total. The monoisotopic (exact) mass is 279 g/mol. The van der Waals surface area contributed by atoms with Gasteiger partial charge in [-0.2, -0.15) is 0 Å². The normalized spacial score (nSPS) is 43.6. The molecule has 3 aliphatic carbocycles. The molecule has 0 bridgehead atoms. The lowest BCUT2D eigenvalue weighted by Gasteiger charge is -2.56. The molecule has 3 rings (SSSR count). The lowest BCUT2D eigenvalue weighted by Crippen LogP contribution is -2.65. The van der Waals surface area contributed by atoms with E-state index in [-0.39, 0.29) is 0 Å². The molecular formula is C18H33NO. The summed E-state index contributed by atoms with van der Waals surface area (Å²) in [4.78, 5) is 0. The van der Waals surface area contributed by atoms with Crippen molar-refractivity contribution in [2.75, 3.05) is 6.61 Å². The van der Waals surface area contributed by atoms with Crippen LogP contribution in [0, 0.1) is 17.3 Å². The molecule has 0 aromatic carbocycles. The van der Waals surface area contributed by atoms with E-state index >= 15 is 0 Å². The first-order valence-electron chi connectivity index (χ1n) is 9.03. The molecule has 3 fully saturated rings. The first-order chi connectivity index (χ1) is 9.65. The first-order valence-corrected chi connectivity index (χ1v) is 9.03. The van der Waals surface area contributed by atoms with Crippen LogP contribution in [0.3, 0.4) is 0 Å². The maximum absolute atomic E-state index is 6.04. The molecule has 0 aromatic rings. The Balaban J connectivity index is 1.60. The highest BCUT2D eigenvalue weighted by Crippen LogP contribution is 2.55. The van der Waals surface area contributed by atoms with Crippen molar-refractivity contribution in [2.24, 2.45) is 17.3 Å². The molecule has 0 radical (unpaired) electrons. The van der Waals surface area contributed by atoms with Crippen molar-refractivity contribution in [3.63, 3.8) is 0 Å². The van der Waals surface area contributed by atoms with Crippen LogP contribution in [0.25, 0.3) is 0 Å². The summed E-state index contributed by atoms with van der Waals surface area (Å²) < 4.78 is 6.04. The fourth-order valence-corrected chi connectivity index (χ4v) is 5.29. The molecule has 20 heavy (non-hydrogen) atoms. The van der Waals surface area contributed by atoms with Gasteiger partial charge in [0.25, 0.3) is 0 Å². The summed E-state index contributed by atoms with van der Waals surface area (Å²) in [5, 5.41) is 4.07. The fraction of sp³-hybridized carbons (Fsp3) is 1.00. The van der Waals surface area contributed by atoms with Crippen LogP contribution in [0.1, 0.15) is 72.1 Å². The molecule has 3 saturated carbocycles. The molecule has 5 unspecified atom stereocenters. The van der Waals surface area contributed by atoms with Gasteiger partial charge in [-0.05, 0) is 57.3 Å². The molecule has 2 nitrogen and oxygen atoms in total. The molecule has 1 spiro atoms. The summed E-state index contributed by atoms with van der Waals surface area (Å²) in [6.07, 6.45) is 11.6. The number of rotatable bonds is 4. The smallest absolute Gasteiger partial charge is 0.0661 e. The molecule has 5 atom stereocenters. The summed E-state index contributed by atoms with van der Waals surface area (Å²) in [5.41, 5.74) is 0.499. The van der Waals surface area contributed by atoms with E-state index in [0.29, 0.717) is 11.5 Å². The molecule has 0 amide bonds. The molecular weight excluding hydrogens is 246 g/mol. The Labute approximate surface area is 125 Å². The van der Waals surface area contributed by atoms with Gasteiger partial charge < -0.3 is 10.1 Å². The standard InChI is InChI=1S/C18H33NO/c1-4-20-17-12-16(18(17)9-5-6-10-18)19-15-8-7-13(2)11-14(15)3/h13-17,19H,4-12H2,1-3H3. The largest absolute Gasteiger partial charge is 0.378 e. The predicted molar refractivity (Wildman–Crippen MR) is 83.8 cm³/mol. The van der Waals surface area contributed by atoms with E-state index in [4.69, 9.17) is 4.74 Å². The number of hydrogen-bond acceptors (Lipinski definition) is 2. The topological polar surface area (TPSA) is 21.3 Å². The predicted octanol–water partition coefficient (Wildman–Crippen LogP) is 4.14. The maximum Gasteiger partial charge on any atom is 0.0661 e. The second kappa shape index (κ2) is 5.96. The van der Waals surface area contributed by atoms with Crippen LogP contribution >= 0.6 is 0 Å². The zero-order chi connectivity index (χ0) is 14.2. The number of ether oxygens (including phenoxy) is 1. The second-order valence-corrected chi connectivity index (χ2v) is 7.84. The number of nitrogens with one attached hydrogen (secondary N) is 1. The molecule has 0 heterocycles. The van der Waals surface area contributed by atoms with Gasteiger partial charge in [0, 0.05) is 24.1 Å². The minimum atomic E-state index is 0.499. The van der Waals surface area contributed by atoms with E-state index in [1.807, 2.05) is 0 Å². The van der Waals surface area contributed by atoms with Crippen molar-refractivity contribution in [3.05, 3.63) is 0 Å². The third kappa shape index (κ3) is 2.54. The van der Waals surface area contributed by atoms with E-state index in [1.165, 1.54) is 51.4 Å². The van der Waals surface area contributed by atoms with Gasteiger partial charge >= 0.3 is 0 Å². The summed E-state index contributed by atoms with van der Waals surface area (Å²) in [6, 6.07) is 1.50. The molecule has 3 aliphatic rings. The molecule has 0 aromatic heterocycles. The average molecular weight is 279 g/mol. The van der Waals surface area contributed by atoms with Crippen LogP contribution < -0.4 is 5.32 Å². The molecule has 2 heteroatoms. The van der Waals surface area contributed by atoms with Crippen LogP contribution in [0.5, 0.6) is 0 Å². The third-order valence-corrected chi connectivity index (χ3v) is 6.53. The Hall–Kier alpha value is -0.0800. The Morgan fingerprint density at radius 2 is 1.85 bits per heavy atom. The van der Waals surface area contributed by atoms with Gasteiger partial charge in [-0.3, -0.25) is 0 Å². The van der Waals surface area contributed by atoms with Crippen molar-refractivity contribution in [1.29, 1.82) is 0 Å². The highest BCUT2D eigenvalue weighted by molar-refractivity contribution is 5.11. The fourth-order valence-electron chi connectivity index (χ4n) is 5.29. The maximum atomic E-state index is 6.04. The lowest BCUT2D eigenvalue weighted by atomic mass is 9.60. The molecule has 116 valence electrons. The highest BCUT2D eigenvalue weighted by Gasteiger charge is 2.57. The van der Waals surface area contributed by atoms with Gasteiger partial charge in [-0.1, -0.05) is 26.7 Å². The van der Waals surface area contributed by atoms with E-state index in [9.17, 15) is 0 Å². The summed E-state index contributed by atoms with van der Waals surface area (Å²) in [7, 11) is 0. The van der Waals surface area contributed by atoms with Crippen LogP contribution in [0.4, 0.5) is 0 Å². The summed E-state index contributed by atoms with van der Waals surface area (Å²) in [5.74, 6) is 1.78. The van der Waals surface area contributed by atoms with Crippen molar-refractivity contribution in [3.8, 4) is 0 Å².